The molecule has 0 aromatic rings. The summed E-state index contributed by atoms with van der Waals surface area (Å²) in [4.78, 5) is 11.2. The van der Waals surface area contributed by atoms with Gasteiger partial charge in [0.15, 0.2) is 0 Å². The van der Waals surface area contributed by atoms with E-state index in [-0.39, 0.29) is 6.09 Å². The van der Waals surface area contributed by atoms with Gasteiger partial charge in [-0.2, -0.15) is 0 Å². The average molecular weight is 230 g/mol. The zero-order valence-corrected chi connectivity index (χ0v) is 11.1. The molecule has 0 saturated carbocycles. The minimum absolute atomic E-state index is 0.345. The number of nitrogens with one attached hydrogen (secondary N) is 2. The minimum Gasteiger partial charge on any atom is -0.444 e. The lowest BCUT2D eigenvalue weighted by Gasteiger charge is -2.19. The summed E-state index contributed by atoms with van der Waals surface area (Å²) in [7, 11) is 0. The largest absolute Gasteiger partial charge is 0.444 e. The topological polar surface area (TPSA) is 50.4 Å². The van der Waals surface area contributed by atoms with Crippen molar-refractivity contribution in [2.45, 2.75) is 52.6 Å². The van der Waals surface area contributed by atoms with Crippen molar-refractivity contribution in [2.24, 2.45) is 0 Å². The molecule has 0 aromatic heterocycles. The second-order valence-corrected chi connectivity index (χ2v) is 4.89. The van der Waals surface area contributed by atoms with E-state index in [4.69, 9.17) is 4.74 Å². The Balaban J connectivity index is 3.28. The highest BCUT2D eigenvalue weighted by Gasteiger charge is 2.15. The van der Waals surface area contributed by atoms with E-state index in [1.807, 2.05) is 20.8 Å². The molecule has 0 aliphatic carbocycles. The summed E-state index contributed by atoms with van der Waals surface area (Å²) in [6.07, 6.45) is 3.34. The quantitative estimate of drug-likeness (QED) is 0.660. The van der Waals surface area contributed by atoms with Crippen LogP contribution in [0.2, 0.25) is 0 Å². The van der Waals surface area contributed by atoms with Crippen molar-refractivity contribution in [1.29, 1.82) is 0 Å². The third kappa shape index (κ3) is 11.3. The number of alkyl carbamates (subject to hydrolysis) is 1. The van der Waals surface area contributed by atoms with Crippen LogP contribution in [-0.2, 0) is 4.74 Å². The van der Waals surface area contributed by atoms with Crippen molar-refractivity contribution in [1.82, 2.24) is 10.6 Å². The molecule has 4 heteroatoms. The monoisotopic (exact) mass is 230 g/mol. The molecule has 4 nitrogen and oxygen atoms in total. The fourth-order valence-corrected chi connectivity index (χ4v) is 1.19. The molecular weight excluding hydrogens is 204 g/mol. The van der Waals surface area contributed by atoms with Crippen molar-refractivity contribution >= 4 is 6.09 Å². The molecule has 0 aliphatic rings. The Morgan fingerprint density at radius 1 is 1.12 bits per heavy atom. The van der Waals surface area contributed by atoms with Crippen LogP contribution in [0.4, 0.5) is 4.79 Å². The Labute approximate surface area is 99.1 Å². The molecule has 0 unspecified atom stereocenters. The van der Waals surface area contributed by atoms with Gasteiger partial charge in [-0.25, -0.2) is 4.79 Å². The number of ether oxygens (including phenoxy) is 1. The van der Waals surface area contributed by atoms with Crippen LogP contribution in [0, 0.1) is 0 Å². The van der Waals surface area contributed by atoms with Gasteiger partial charge in [0.2, 0.25) is 0 Å². The van der Waals surface area contributed by atoms with E-state index in [9.17, 15) is 4.79 Å². The van der Waals surface area contributed by atoms with E-state index in [2.05, 4.69) is 17.6 Å². The van der Waals surface area contributed by atoms with Gasteiger partial charge < -0.3 is 15.4 Å². The second-order valence-electron chi connectivity index (χ2n) is 4.89. The van der Waals surface area contributed by atoms with E-state index in [1.165, 1.54) is 19.3 Å². The van der Waals surface area contributed by atoms with Crippen molar-refractivity contribution in [3.8, 4) is 0 Å². The van der Waals surface area contributed by atoms with Crippen LogP contribution in [0.3, 0.4) is 0 Å². The second kappa shape index (κ2) is 8.39. The fraction of sp³-hybridized carbons (Fsp3) is 0.917. The third-order valence-electron chi connectivity index (χ3n) is 1.93. The van der Waals surface area contributed by atoms with Crippen molar-refractivity contribution in [3.05, 3.63) is 0 Å². The summed E-state index contributed by atoms with van der Waals surface area (Å²) >= 11 is 0. The van der Waals surface area contributed by atoms with Gasteiger partial charge in [0.25, 0.3) is 0 Å². The predicted molar refractivity (Wildman–Crippen MR) is 66.6 cm³/mol. The first-order valence-electron chi connectivity index (χ1n) is 6.13. The zero-order chi connectivity index (χ0) is 12.4. The van der Waals surface area contributed by atoms with E-state index < -0.39 is 5.60 Å². The molecule has 16 heavy (non-hydrogen) atoms. The summed E-state index contributed by atoms with van der Waals surface area (Å²) in [5, 5.41) is 5.97. The van der Waals surface area contributed by atoms with Gasteiger partial charge >= 0.3 is 6.09 Å². The Morgan fingerprint density at radius 2 is 1.81 bits per heavy atom. The molecule has 2 N–H and O–H groups in total. The van der Waals surface area contributed by atoms with E-state index in [0.29, 0.717) is 6.54 Å². The maximum absolute atomic E-state index is 11.2. The highest BCUT2D eigenvalue weighted by molar-refractivity contribution is 5.67. The Bertz CT molecular complexity index is 188. The van der Waals surface area contributed by atoms with Crippen molar-refractivity contribution in [2.75, 3.05) is 19.6 Å². The summed E-state index contributed by atoms with van der Waals surface area (Å²) in [5.74, 6) is 0. The average Bonchev–Trinajstić information content (AvgIpc) is 2.13. The minimum atomic E-state index is -0.418. The van der Waals surface area contributed by atoms with Crippen LogP contribution in [0.1, 0.15) is 47.0 Å². The van der Waals surface area contributed by atoms with Crippen molar-refractivity contribution in [3.63, 3.8) is 0 Å². The number of hydrogen-bond acceptors (Lipinski definition) is 3. The molecule has 0 aliphatic heterocycles. The maximum atomic E-state index is 11.2. The van der Waals surface area contributed by atoms with E-state index >= 15 is 0 Å². The summed E-state index contributed by atoms with van der Waals surface area (Å²) in [6.45, 7) is 10.2. The van der Waals surface area contributed by atoms with Gasteiger partial charge in [-0.3, -0.25) is 0 Å². The molecule has 0 saturated heterocycles. The lowest BCUT2D eigenvalue weighted by atomic mass is 10.2. The number of rotatable bonds is 7. The first-order chi connectivity index (χ1) is 7.45. The van der Waals surface area contributed by atoms with Gasteiger partial charge in [-0.15, -0.1) is 0 Å². The van der Waals surface area contributed by atoms with Crippen LogP contribution in [0.25, 0.3) is 0 Å². The van der Waals surface area contributed by atoms with E-state index in [1.54, 1.807) is 0 Å². The van der Waals surface area contributed by atoms with Crippen LogP contribution in [0.5, 0.6) is 0 Å². The summed E-state index contributed by atoms with van der Waals surface area (Å²) in [6, 6.07) is 0. The van der Waals surface area contributed by atoms with Gasteiger partial charge in [-0.05, 0) is 33.7 Å². The molecular formula is C12H26N2O2. The third-order valence-corrected chi connectivity index (χ3v) is 1.93. The lowest BCUT2D eigenvalue weighted by Crippen LogP contribution is -2.36. The molecule has 0 radical (unpaired) electrons. The first-order valence-corrected chi connectivity index (χ1v) is 6.13. The number of hydrogen-bond donors (Lipinski definition) is 2. The van der Waals surface area contributed by atoms with Crippen LogP contribution in [-0.4, -0.2) is 31.3 Å². The number of carbonyl (C=O) groups is 1. The molecule has 0 bridgehead atoms. The summed E-state index contributed by atoms with van der Waals surface area (Å²) in [5.41, 5.74) is -0.418. The molecule has 0 heterocycles. The molecule has 0 rings (SSSR count). The van der Waals surface area contributed by atoms with Crippen molar-refractivity contribution < 1.29 is 9.53 Å². The van der Waals surface area contributed by atoms with Gasteiger partial charge in [0.1, 0.15) is 5.60 Å². The van der Waals surface area contributed by atoms with Crippen LogP contribution < -0.4 is 10.6 Å². The Morgan fingerprint density at radius 3 is 2.38 bits per heavy atom. The lowest BCUT2D eigenvalue weighted by molar-refractivity contribution is 0.0528. The van der Waals surface area contributed by atoms with Crippen LogP contribution in [0.15, 0.2) is 0 Å². The highest BCUT2D eigenvalue weighted by atomic mass is 16.6. The number of carbonyl (C=O) groups excluding carboxylic acids is 1. The summed E-state index contributed by atoms with van der Waals surface area (Å²) < 4.78 is 5.10. The normalized spacial score (nSPS) is 11.2. The Hall–Kier alpha value is -0.770. The molecule has 0 atom stereocenters. The molecule has 96 valence electrons. The van der Waals surface area contributed by atoms with Gasteiger partial charge in [0.05, 0.1) is 0 Å². The highest BCUT2D eigenvalue weighted by Crippen LogP contribution is 2.05. The fourth-order valence-electron chi connectivity index (χ4n) is 1.19. The number of unbranched alkanes of at least 4 members (excludes halogenated alkanes) is 2. The first kappa shape index (κ1) is 15.2. The molecule has 1 amide bonds. The smallest absolute Gasteiger partial charge is 0.407 e. The van der Waals surface area contributed by atoms with Gasteiger partial charge in [-0.1, -0.05) is 19.8 Å². The molecule has 0 spiro atoms. The SMILES string of the molecule is CCCCCNCCNC(=O)OC(C)(C)C. The van der Waals surface area contributed by atoms with Crippen LogP contribution >= 0.6 is 0 Å². The molecule has 0 fully saturated rings. The zero-order valence-electron chi connectivity index (χ0n) is 11.1. The predicted octanol–water partition coefficient (Wildman–Crippen LogP) is 2.29. The Kier molecular flexibility index (Phi) is 7.99. The maximum Gasteiger partial charge on any atom is 0.407 e. The van der Waals surface area contributed by atoms with Gasteiger partial charge in [0, 0.05) is 13.1 Å². The number of amides is 1. The molecule has 0 aromatic carbocycles. The van der Waals surface area contributed by atoms with E-state index in [0.717, 1.165) is 13.1 Å². The standard InChI is InChI=1S/C12H26N2O2/c1-5-6-7-8-13-9-10-14-11(15)16-12(2,3)4/h13H,5-10H2,1-4H3,(H,14,15).